The van der Waals surface area contributed by atoms with Crippen LogP contribution in [0.25, 0.3) is 0 Å². The minimum absolute atomic E-state index is 0.00477. The van der Waals surface area contributed by atoms with E-state index in [9.17, 15) is 24.9 Å². The van der Waals surface area contributed by atoms with Crippen molar-refractivity contribution < 1.29 is 24.9 Å². The number of rotatable bonds is 6. The van der Waals surface area contributed by atoms with Crippen LogP contribution in [0.15, 0.2) is 36.4 Å². The normalized spacial score (nSPS) is 10.4. The third-order valence-electron chi connectivity index (χ3n) is 3.66. The van der Waals surface area contributed by atoms with Crippen molar-refractivity contribution in [3.05, 3.63) is 53.1 Å². The summed E-state index contributed by atoms with van der Waals surface area (Å²) in [6, 6.07) is 9.30. The molecule has 0 spiro atoms. The van der Waals surface area contributed by atoms with Crippen molar-refractivity contribution in [2.75, 3.05) is 0 Å². The molecule has 0 radical (unpaired) electrons. The third kappa shape index (κ3) is 4.49. The van der Waals surface area contributed by atoms with Gasteiger partial charge in [-0.2, -0.15) is 0 Å². The molecule has 0 bridgehead atoms. The van der Waals surface area contributed by atoms with Gasteiger partial charge in [-0.1, -0.05) is 18.2 Å². The van der Waals surface area contributed by atoms with Gasteiger partial charge in [0.05, 0.1) is 0 Å². The zero-order valence-electron chi connectivity index (χ0n) is 13.2. The van der Waals surface area contributed by atoms with E-state index in [0.29, 0.717) is 11.1 Å². The van der Waals surface area contributed by atoms with Crippen LogP contribution in [0.5, 0.6) is 17.2 Å². The number of amides is 1. The molecule has 0 saturated carbocycles. The molecular formula is C18H19NO5. The van der Waals surface area contributed by atoms with Gasteiger partial charge in [-0.05, 0) is 48.2 Å². The molecule has 0 fully saturated rings. The van der Waals surface area contributed by atoms with Crippen LogP contribution in [0.1, 0.15) is 23.1 Å². The van der Waals surface area contributed by atoms with Crippen LogP contribution in [0.2, 0.25) is 0 Å². The number of aryl methyl sites for hydroxylation is 2. The average Bonchev–Trinajstić information content (AvgIpc) is 2.56. The largest absolute Gasteiger partial charge is 0.508 e. The number of carbonyl (C=O) groups is 2. The summed E-state index contributed by atoms with van der Waals surface area (Å²) in [7, 11) is 0. The first kappa shape index (κ1) is 17.3. The van der Waals surface area contributed by atoms with Gasteiger partial charge in [-0.15, -0.1) is 0 Å². The fraction of sp³-hybridized carbons (Fsp3) is 0.222. The predicted molar refractivity (Wildman–Crippen MR) is 87.8 cm³/mol. The van der Waals surface area contributed by atoms with Crippen LogP contribution in [0.4, 0.5) is 0 Å². The van der Waals surface area contributed by atoms with Gasteiger partial charge in [0, 0.05) is 13.0 Å². The molecule has 1 amide bonds. The highest BCUT2D eigenvalue weighted by atomic mass is 16.3. The van der Waals surface area contributed by atoms with Crippen LogP contribution < -0.4 is 5.32 Å². The number of hydrogen-bond acceptors (Lipinski definition) is 5. The fourth-order valence-corrected chi connectivity index (χ4v) is 2.14. The second kappa shape index (κ2) is 7.50. The first-order valence-corrected chi connectivity index (χ1v) is 7.47. The van der Waals surface area contributed by atoms with E-state index in [4.69, 9.17) is 0 Å². The molecule has 0 atom stereocenters. The minimum atomic E-state index is -0.696. The molecule has 4 N–H and O–H groups in total. The summed E-state index contributed by atoms with van der Waals surface area (Å²) < 4.78 is 0. The molecule has 0 aliphatic carbocycles. The maximum absolute atomic E-state index is 11.8. The summed E-state index contributed by atoms with van der Waals surface area (Å²) in [5.41, 5.74) is 2.08. The Bertz CT molecular complexity index is 704. The monoisotopic (exact) mass is 329 g/mol. The lowest BCUT2D eigenvalue weighted by Gasteiger charge is -2.07. The average molecular weight is 329 g/mol. The molecule has 0 unspecified atom stereocenters. The smallest absolute Gasteiger partial charge is 0.287 e. The lowest BCUT2D eigenvalue weighted by Crippen LogP contribution is -2.30. The van der Waals surface area contributed by atoms with Gasteiger partial charge >= 0.3 is 0 Å². The molecule has 24 heavy (non-hydrogen) atoms. The van der Waals surface area contributed by atoms with Crippen LogP contribution in [-0.2, 0) is 22.6 Å². The number of ketones is 1. The zero-order chi connectivity index (χ0) is 17.7. The predicted octanol–water partition coefficient (Wildman–Crippen LogP) is 1.93. The lowest BCUT2D eigenvalue weighted by molar-refractivity contribution is -0.138. The maximum Gasteiger partial charge on any atom is 0.287 e. The van der Waals surface area contributed by atoms with E-state index in [1.165, 1.54) is 12.1 Å². The Morgan fingerprint density at radius 1 is 0.917 bits per heavy atom. The Morgan fingerprint density at radius 3 is 2.25 bits per heavy atom. The number of aromatic hydroxyl groups is 3. The third-order valence-corrected chi connectivity index (χ3v) is 3.66. The van der Waals surface area contributed by atoms with Crippen LogP contribution in [0, 0.1) is 6.92 Å². The SMILES string of the molecule is Cc1ccc(CNC(=O)C(=O)CCc2ccc(O)c(O)c2)cc1O. The maximum atomic E-state index is 11.8. The highest BCUT2D eigenvalue weighted by Gasteiger charge is 2.14. The summed E-state index contributed by atoms with van der Waals surface area (Å²) in [5, 5.41) is 30.7. The first-order chi connectivity index (χ1) is 11.4. The Labute approximate surface area is 139 Å². The van der Waals surface area contributed by atoms with Gasteiger partial charge in [0.15, 0.2) is 11.5 Å². The van der Waals surface area contributed by atoms with Crippen molar-refractivity contribution in [1.82, 2.24) is 5.32 Å². The van der Waals surface area contributed by atoms with Gasteiger partial charge in [-0.25, -0.2) is 0 Å². The molecule has 0 heterocycles. The van der Waals surface area contributed by atoms with Gasteiger partial charge in [-0.3, -0.25) is 9.59 Å². The Morgan fingerprint density at radius 2 is 1.58 bits per heavy atom. The van der Waals surface area contributed by atoms with E-state index in [0.717, 1.165) is 5.56 Å². The molecule has 0 aliphatic rings. The van der Waals surface area contributed by atoms with E-state index in [-0.39, 0.29) is 36.6 Å². The van der Waals surface area contributed by atoms with Crippen molar-refractivity contribution in [1.29, 1.82) is 0 Å². The summed E-state index contributed by atoms with van der Waals surface area (Å²) in [6.07, 6.45) is 0.278. The molecule has 2 aromatic rings. The number of Topliss-reactive ketones (excluding diaryl/α,β-unsaturated/α-hetero) is 1. The number of phenolic OH excluding ortho intramolecular Hbond substituents is 3. The summed E-state index contributed by atoms with van der Waals surface area (Å²) in [5.74, 6) is -1.62. The standard InChI is InChI=1S/C18H19NO5/c1-11-2-3-13(9-16(11)22)10-19-18(24)15(21)7-5-12-4-6-14(20)17(23)8-12/h2-4,6,8-9,20,22-23H,5,7,10H2,1H3,(H,19,24). The number of phenols is 3. The van der Waals surface area contributed by atoms with Crippen molar-refractivity contribution in [3.8, 4) is 17.2 Å². The number of nitrogens with one attached hydrogen (secondary N) is 1. The van der Waals surface area contributed by atoms with Crippen molar-refractivity contribution in [2.45, 2.75) is 26.3 Å². The quantitative estimate of drug-likeness (QED) is 0.478. The second-order valence-corrected chi connectivity index (χ2v) is 5.55. The van der Waals surface area contributed by atoms with Gasteiger partial charge in [0.2, 0.25) is 5.78 Å². The molecule has 126 valence electrons. The molecule has 6 heteroatoms. The van der Waals surface area contributed by atoms with Crippen LogP contribution in [0.3, 0.4) is 0 Å². The summed E-state index contributed by atoms with van der Waals surface area (Å²) in [4.78, 5) is 23.6. The van der Waals surface area contributed by atoms with E-state index < -0.39 is 11.7 Å². The van der Waals surface area contributed by atoms with Crippen molar-refractivity contribution in [2.24, 2.45) is 0 Å². The molecule has 0 aliphatic heterocycles. The highest BCUT2D eigenvalue weighted by Crippen LogP contribution is 2.25. The molecular weight excluding hydrogens is 310 g/mol. The van der Waals surface area contributed by atoms with Crippen LogP contribution >= 0.6 is 0 Å². The van der Waals surface area contributed by atoms with E-state index in [2.05, 4.69) is 5.32 Å². The van der Waals surface area contributed by atoms with Gasteiger partial charge in [0.1, 0.15) is 5.75 Å². The first-order valence-electron chi connectivity index (χ1n) is 7.47. The number of benzene rings is 2. The molecule has 2 aromatic carbocycles. The van der Waals surface area contributed by atoms with E-state index >= 15 is 0 Å². The second-order valence-electron chi connectivity index (χ2n) is 5.55. The highest BCUT2D eigenvalue weighted by molar-refractivity contribution is 6.36. The topological polar surface area (TPSA) is 107 Å². The van der Waals surface area contributed by atoms with Crippen molar-refractivity contribution >= 4 is 11.7 Å². The Balaban J connectivity index is 1.84. The van der Waals surface area contributed by atoms with Gasteiger partial charge < -0.3 is 20.6 Å². The Hall–Kier alpha value is -3.02. The Kier molecular flexibility index (Phi) is 5.42. The minimum Gasteiger partial charge on any atom is -0.508 e. The zero-order valence-corrected chi connectivity index (χ0v) is 13.2. The molecule has 6 nitrogen and oxygen atoms in total. The van der Waals surface area contributed by atoms with Crippen LogP contribution in [-0.4, -0.2) is 27.0 Å². The lowest BCUT2D eigenvalue weighted by atomic mass is 10.1. The van der Waals surface area contributed by atoms with E-state index in [1.807, 2.05) is 0 Å². The van der Waals surface area contributed by atoms with Crippen molar-refractivity contribution in [3.63, 3.8) is 0 Å². The summed E-state index contributed by atoms with van der Waals surface area (Å²) >= 11 is 0. The number of carbonyl (C=O) groups excluding carboxylic acids is 2. The molecule has 2 rings (SSSR count). The van der Waals surface area contributed by atoms with Gasteiger partial charge in [0.25, 0.3) is 5.91 Å². The summed E-state index contributed by atoms with van der Waals surface area (Å²) in [6.45, 7) is 1.92. The fourth-order valence-electron chi connectivity index (χ4n) is 2.14. The number of hydrogen-bond donors (Lipinski definition) is 4. The molecule has 0 aromatic heterocycles. The van der Waals surface area contributed by atoms with E-state index in [1.54, 1.807) is 31.2 Å². The molecule has 0 saturated heterocycles.